The Morgan fingerprint density at radius 1 is 0.925 bits per heavy atom. The summed E-state index contributed by atoms with van der Waals surface area (Å²) in [5, 5.41) is 0.456. The van der Waals surface area contributed by atoms with Gasteiger partial charge in [0.05, 0.1) is 35.3 Å². The smallest absolute Gasteiger partial charge is 0.262 e. The number of rotatable bonds is 11. The fourth-order valence-corrected chi connectivity index (χ4v) is 5.62. The van der Waals surface area contributed by atoms with Crippen LogP contribution in [-0.4, -0.2) is 31.7 Å². The van der Waals surface area contributed by atoms with Gasteiger partial charge in [-0.2, -0.15) is 0 Å². The summed E-state index contributed by atoms with van der Waals surface area (Å²) >= 11 is 5.98. The van der Waals surface area contributed by atoms with E-state index in [0.717, 1.165) is 47.6 Å². The Balaban J connectivity index is 1.67. The van der Waals surface area contributed by atoms with Crippen molar-refractivity contribution in [3.63, 3.8) is 0 Å². The maximum atomic E-state index is 13.3. The van der Waals surface area contributed by atoms with Gasteiger partial charge in [-0.05, 0) is 61.0 Å². The Morgan fingerprint density at radius 2 is 1.65 bits per heavy atom. The minimum atomic E-state index is -3.91. The Labute approximate surface area is 239 Å². The lowest BCUT2D eigenvalue weighted by Gasteiger charge is -2.15. The van der Waals surface area contributed by atoms with E-state index in [9.17, 15) is 8.42 Å². The van der Waals surface area contributed by atoms with Gasteiger partial charge < -0.3 is 9.47 Å². The molecule has 0 aliphatic heterocycles. The SMILES string of the molecule is CCCCCOc1cc2c(cc1NS(=O)(=O)c1ccc(Cl)cc1)nc(-c1ccccc1)n2-c1ccc(OC)cc1. The molecule has 0 fully saturated rings. The fraction of sp³-hybridized carbons (Fsp3) is 0.194. The van der Waals surface area contributed by atoms with Gasteiger partial charge in [0, 0.05) is 22.3 Å². The van der Waals surface area contributed by atoms with E-state index in [0.29, 0.717) is 28.6 Å². The number of benzene rings is 4. The predicted octanol–water partition coefficient (Wildman–Crippen LogP) is 7.72. The van der Waals surface area contributed by atoms with Crippen LogP contribution in [-0.2, 0) is 10.0 Å². The summed E-state index contributed by atoms with van der Waals surface area (Å²) < 4.78 is 42.9. The number of ether oxygens (including phenoxy) is 2. The summed E-state index contributed by atoms with van der Waals surface area (Å²) in [5.74, 6) is 1.89. The zero-order chi connectivity index (χ0) is 28.1. The van der Waals surface area contributed by atoms with Gasteiger partial charge in [0.25, 0.3) is 10.0 Å². The van der Waals surface area contributed by atoms with Crippen molar-refractivity contribution in [2.75, 3.05) is 18.4 Å². The van der Waals surface area contributed by atoms with E-state index < -0.39 is 10.0 Å². The van der Waals surface area contributed by atoms with Crippen LogP contribution in [0, 0.1) is 0 Å². The summed E-state index contributed by atoms with van der Waals surface area (Å²) in [4.78, 5) is 5.05. The number of anilines is 1. The van der Waals surface area contributed by atoms with Gasteiger partial charge in [-0.15, -0.1) is 0 Å². The fourth-order valence-electron chi connectivity index (χ4n) is 4.43. The van der Waals surface area contributed by atoms with E-state index >= 15 is 0 Å². The second-order valence-corrected chi connectivity index (χ2v) is 11.4. The number of imidazole rings is 1. The monoisotopic (exact) mass is 575 g/mol. The molecule has 9 heteroatoms. The highest BCUT2D eigenvalue weighted by molar-refractivity contribution is 7.92. The standard InChI is InChI=1S/C31H30ClN3O4S/c1-3-4-8-19-39-30-21-29-27(20-28(30)34-40(36,37)26-17-11-23(32)12-18-26)33-31(22-9-6-5-7-10-22)35(29)24-13-15-25(38-2)16-14-24/h5-7,9-18,20-21,34H,3-4,8,19H2,1-2H3. The van der Waals surface area contributed by atoms with Crippen LogP contribution >= 0.6 is 11.6 Å². The molecule has 0 bridgehead atoms. The normalized spacial score (nSPS) is 11.5. The van der Waals surface area contributed by atoms with Crippen molar-refractivity contribution >= 4 is 38.3 Å². The number of nitrogens with one attached hydrogen (secondary N) is 1. The van der Waals surface area contributed by atoms with Gasteiger partial charge in [0.2, 0.25) is 0 Å². The molecule has 5 aromatic rings. The molecule has 1 N–H and O–H groups in total. The number of fused-ring (bicyclic) bond motifs is 1. The van der Waals surface area contributed by atoms with Gasteiger partial charge >= 0.3 is 0 Å². The van der Waals surface area contributed by atoms with Gasteiger partial charge in [-0.3, -0.25) is 9.29 Å². The third kappa shape index (κ3) is 5.93. The first-order chi connectivity index (χ1) is 19.4. The molecule has 206 valence electrons. The van der Waals surface area contributed by atoms with E-state index in [1.165, 1.54) is 12.1 Å². The second kappa shape index (κ2) is 12.0. The van der Waals surface area contributed by atoms with Crippen LogP contribution in [0.15, 0.2) is 95.9 Å². The molecule has 1 heterocycles. The summed E-state index contributed by atoms with van der Waals surface area (Å²) in [7, 11) is -2.28. The largest absolute Gasteiger partial charge is 0.497 e. The number of methoxy groups -OCH3 is 1. The molecule has 40 heavy (non-hydrogen) atoms. The van der Waals surface area contributed by atoms with Crippen molar-refractivity contribution in [1.82, 2.24) is 9.55 Å². The molecule has 7 nitrogen and oxygen atoms in total. The minimum Gasteiger partial charge on any atom is -0.497 e. The van der Waals surface area contributed by atoms with Crippen LogP contribution < -0.4 is 14.2 Å². The van der Waals surface area contributed by atoms with Gasteiger partial charge in [-0.25, -0.2) is 13.4 Å². The molecule has 0 saturated carbocycles. The lowest BCUT2D eigenvalue weighted by Crippen LogP contribution is -2.14. The second-order valence-electron chi connectivity index (χ2n) is 9.29. The van der Waals surface area contributed by atoms with E-state index in [1.54, 1.807) is 25.3 Å². The highest BCUT2D eigenvalue weighted by atomic mass is 35.5. The molecule has 1 aromatic heterocycles. The van der Waals surface area contributed by atoms with Crippen LogP contribution in [0.3, 0.4) is 0 Å². The number of hydrogen-bond acceptors (Lipinski definition) is 5. The molecule has 4 aromatic carbocycles. The van der Waals surface area contributed by atoms with Crippen molar-refractivity contribution in [2.45, 2.75) is 31.1 Å². The number of halogens is 1. The summed E-state index contributed by atoms with van der Waals surface area (Å²) in [6.07, 6.45) is 2.91. The quantitative estimate of drug-likeness (QED) is 0.163. The topological polar surface area (TPSA) is 82.5 Å². The third-order valence-electron chi connectivity index (χ3n) is 6.49. The van der Waals surface area contributed by atoms with Gasteiger partial charge in [0.1, 0.15) is 17.3 Å². The zero-order valence-electron chi connectivity index (χ0n) is 22.3. The molecule has 0 saturated heterocycles. The lowest BCUT2D eigenvalue weighted by molar-refractivity contribution is 0.308. The lowest BCUT2D eigenvalue weighted by atomic mass is 10.2. The van der Waals surface area contributed by atoms with E-state index in [-0.39, 0.29) is 4.90 Å². The third-order valence-corrected chi connectivity index (χ3v) is 8.13. The van der Waals surface area contributed by atoms with Crippen LogP contribution in [0.25, 0.3) is 28.1 Å². The first kappa shape index (κ1) is 27.6. The van der Waals surface area contributed by atoms with E-state index in [4.69, 9.17) is 26.1 Å². The molecular formula is C31H30ClN3O4S. The zero-order valence-corrected chi connectivity index (χ0v) is 23.9. The number of nitrogens with zero attached hydrogens (tertiary/aromatic N) is 2. The average molecular weight is 576 g/mol. The number of unbranched alkanes of at least 4 members (excludes halogenated alkanes) is 2. The molecular weight excluding hydrogens is 546 g/mol. The van der Waals surface area contributed by atoms with Crippen molar-refractivity contribution in [3.8, 4) is 28.6 Å². The maximum Gasteiger partial charge on any atom is 0.262 e. The van der Waals surface area contributed by atoms with Crippen LogP contribution in [0.1, 0.15) is 26.2 Å². The molecule has 0 unspecified atom stereocenters. The molecule has 0 amide bonds. The maximum absolute atomic E-state index is 13.3. The summed E-state index contributed by atoms with van der Waals surface area (Å²) in [6.45, 7) is 2.58. The first-order valence-corrected chi connectivity index (χ1v) is 14.9. The van der Waals surface area contributed by atoms with Crippen LogP contribution in [0.4, 0.5) is 5.69 Å². The van der Waals surface area contributed by atoms with E-state index in [1.807, 2.05) is 65.2 Å². The van der Waals surface area contributed by atoms with E-state index in [2.05, 4.69) is 11.6 Å². The molecule has 0 spiro atoms. The molecule has 0 aliphatic rings. The molecule has 0 radical (unpaired) electrons. The molecule has 0 aliphatic carbocycles. The van der Waals surface area contributed by atoms with Gasteiger partial charge in [0.15, 0.2) is 0 Å². The van der Waals surface area contributed by atoms with Crippen molar-refractivity contribution in [1.29, 1.82) is 0 Å². The Bertz CT molecular complexity index is 1700. The molecule has 5 rings (SSSR count). The summed E-state index contributed by atoms with van der Waals surface area (Å²) in [5.41, 5.74) is 3.52. The van der Waals surface area contributed by atoms with Crippen LogP contribution in [0.5, 0.6) is 11.5 Å². The Kier molecular flexibility index (Phi) is 8.28. The minimum absolute atomic E-state index is 0.0997. The van der Waals surface area contributed by atoms with Crippen molar-refractivity contribution in [3.05, 3.63) is 96.0 Å². The average Bonchev–Trinajstić information content (AvgIpc) is 3.34. The Morgan fingerprint density at radius 3 is 2.33 bits per heavy atom. The summed E-state index contributed by atoms with van der Waals surface area (Å²) in [6, 6.07) is 27.2. The predicted molar refractivity (Wildman–Crippen MR) is 160 cm³/mol. The highest BCUT2D eigenvalue weighted by Gasteiger charge is 2.21. The van der Waals surface area contributed by atoms with Crippen molar-refractivity contribution < 1.29 is 17.9 Å². The molecule has 0 atom stereocenters. The Hall–Kier alpha value is -4.01. The highest BCUT2D eigenvalue weighted by Crippen LogP contribution is 2.37. The first-order valence-electron chi connectivity index (χ1n) is 13.1. The number of aromatic nitrogens is 2. The number of sulfonamides is 1. The van der Waals surface area contributed by atoms with Crippen molar-refractivity contribution in [2.24, 2.45) is 0 Å². The number of hydrogen-bond donors (Lipinski definition) is 1. The van der Waals surface area contributed by atoms with Crippen LogP contribution in [0.2, 0.25) is 5.02 Å². The van der Waals surface area contributed by atoms with Gasteiger partial charge in [-0.1, -0.05) is 61.7 Å².